The maximum Gasteiger partial charge on any atom is 0.254 e. The summed E-state index contributed by atoms with van der Waals surface area (Å²) >= 11 is 0. The number of nitrogens with one attached hydrogen (secondary N) is 1. The van der Waals surface area contributed by atoms with Crippen molar-refractivity contribution in [3.05, 3.63) is 71.3 Å². The number of benzene rings is 2. The van der Waals surface area contributed by atoms with Crippen LogP contribution in [0.2, 0.25) is 0 Å². The topological polar surface area (TPSA) is 49.4 Å². The summed E-state index contributed by atoms with van der Waals surface area (Å²) < 4.78 is 0. The molecular weight excluding hydrogens is 348 g/mol. The lowest BCUT2D eigenvalue weighted by Gasteiger charge is -2.32. The molecule has 0 atom stereocenters. The van der Waals surface area contributed by atoms with E-state index in [1.54, 1.807) is 0 Å². The molecule has 0 spiro atoms. The number of hydrogen-bond donors (Lipinski definition) is 1. The minimum atomic E-state index is 0.00694. The molecule has 2 aliphatic rings. The van der Waals surface area contributed by atoms with Crippen molar-refractivity contribution in [2.24, 2.45) is 5.92 Å². The highest BCUT2D eigenvalue weighted by atomic mass is 16.2. The van der Waals surface area contributed by atoms with E-state index in [2.05, 4.69) is 29.6 Å². The fraction of sp³-hybridized carbons (Fsp3) is 0.417. The molecule has 4 rings (SSSR count). The van der Waals surface area contributed by atoms with Crippen LogP contribution in [0.4, 0.5) is 0 Å². The molecule has 1 N–H and O–H groups in total. The summed E-state index contributed by atoms with van der Waals surface area (Å²) in [5, 5.41) is 3.20. The van der Waals surface area contributed by atoms with Gasteiger partial charge in [0.15, 0.2) is 0 Å². The van der Waals surface area contributed by atoms with Crippen LogP contribution in [0.5, 0.6) is 0 Å². The summed E-state index contributed by atoms with van der Waals surface area (Å²) in [6, 6.07) is 18.2. The second-order valence-electron chi connectivity index (χ2n) is 8.25. The standard InChI is InChI=1S/C24H28N2O2/c1-18-7-5-6-10-21(18)23(28)26-15-11-19(12-16-26)22(27)25-17-24(13-14-24)20-8-3-2-4-9-20/h2-10,19H,11-17H2,1H3,(H,25,27). The largest absolute Gasteiger partial charge is 0.355 e. The van der Waals surface area contributed by atoms with Gasteiger partial charge in [-0.15, -0.1) is 0 Å². The van der Waals surface area contributed by atoms with Gasteiger partial charge in [-0.25, -0.2) is 0 Å². The minimum Gasteiger partial charge on any atom is -0.355 e. The van der Waals surface area contributed by atoms with Crippen LogP contribution in [-0.4, -0.2) is 36.3 Å². The van der Waals surface area contributed by atoms with E-state index in [1.165, 1.54) is 5.56 Å². The molecule has 0 bridgehead atoms. The average molecular weight is 377 g/mol. The summed E-state index contributed by atoms with van der Waals surface area (Å²) in [7, 11) is 0. The van der Waals surface area contributed by atoms with Gasteiger partial charge < -0.3 is 10.2 Å². The summed E-state index contributed by atoms with van der Waals surface area (Å²) in [5.74, 6) is 0.232. The predicted octanol–water partition coefficient (Wildman–Crippen LogP) is 3.70. The Hall–Kier alpha value is -2.62. The van der Waals surface area contributed by atoms with Gasteiger partial charge in [0.25, 0.3) is 5.91 Å². The van der Waals surface area contributed by atoms with Crippen molar-refractivity contribution in [2.75, 3.05) is 19.6 Å². The highest BCUT2D eigenvalue weighted by molar-refractivity contribution is 5.95. The van der Waals surface area contributed by atoms with E-state index in [-0.39, 0.29) is 23.1 Å². The highest BCUT2D eigenvalue weighted by Crippen LogP contribution is 2.47. The van der Waals surface area contributed by atoms with Gasteiger partial charge in [0, 0.05) is 36.5 Å². The van der Waals surface area contributed by atoms with Crippen LogP contribution in [0.3, 0.4) is 0 Å². The van der Waals surface area contributed by atoms with Gasteiger partial charge in [-0.05, 0) is 49.8 Å². The second kappa shape index (κ2) is 7.78. The Bertz CT molecular complexity index is 850. The van der Waals surface area contributed by atoms with Crippen molar-refractivity contribution in [3.8, 4) is 0 Å². The number of piperidine rings is 1. The number of hydrogen-bond acceptors (Lipinski definition) is 2. The molecule has 2 aromatic carbocycles. The molecule has 2 amide bonds. The normalized spacial score (nSPS) is 18.5. The fourth-order valence-electron chi connectivity index (χ4n) is 4.24. The van der Waals surface area contributed by atoms with Gasteiger partial charge in [0.2, 0.25) is 5.91 Å². The first-order valence-corrected chi connectivity index (χ1v) is 10.3. The summed E-state index contributed by atoms with van der Waals surface area (Å²) in [5.41, 5.74) is 3.24. The van der Waals surface area contributed by atoms with Crippen LogP contribution in [0.1, 0.15) is 47.2 Å². The van der Waals surface area contributed by atoms with Crippen molar-refractivity contribution in [3.63, 3.8) is 0 Å². The Kier molecular flexibility index (Phi) is 5.21. The summed E-state index contributed by atoms with van der Waals surface area (Å²) in [6.07, 6.45) is 3.75. The minimum absolute atomic E-state index is 0.00694. The van der Waals surface area contributed by atoms with E-state index in [4.69, 9.17) is 0 Å². The van der Waals surface area contributed by atoms with Crippen molar-refractivity contribution >= 4 is 11.8 Å². The first-order chi connectivity index (χ1) is 13.6. The van der Waals surface area contributed by atoms with E-state index in [0.717, 1.165) is 43.4 Å². The maximum absolute atomic E-state index is 12.7. The SMILES string of the molecule is Cc1ccccc1C(=O)N1CCC(C(=O)NCC2(c3ccccc3)CC2)CC1. The lowest BCUT2D eigenvalue weighted by molar-refractivity contribution is -0.126. The van der Waals surface area contributed by atoms with Gasteiger partial charge in [-0.2, -0.15) is 0 Å². The van der Waals surface area contributed by atoms with Crippen molar-refractivity contribution in [2.45, 2.75) is 38.0 Å². The Balaban J connectivity index is 1.29. The van der Waals surface area contributed by atoms with Crippen molar-refractivity contribution < 1.29 is 9.59 Å². The third kappa shape index (κ3) is 3.82. The zero-order valence-corrected chi connectivity index (χ0v) is 16.5. The van der Waals surface area contributed by atoms with E-state index < -0.39 is 0 Å². The molecule has 1 saturated carbocycles. The number of likely N-dealkylation sites (tertiary alicyclic amines) is 1. The van der Waals surface area contributed by atoms with Crippen molar-refractivity contribution in [1.29, 1.82) is 0 Å². The van der Waals surface area contributed by atoms with E-state index in [1.807, 2.05) is 42.2 Å². The molecule has 0 radical (unpaired) electrons. The number of carbonyl (C=O) groups excluding carboxylic acids is 2. The van der Waals surface area contributed by atoms with Gasteiger partial charge >= 0.3 is 0 Å². The lowest BCUT2D eigenvalue weighted by Crippen LogP contribution is -2.44. The summed E-state index contributed by atoms with van der Waals surface area (Å²) in [4.78, 5) is 27.3. The van der Waals surface area contributed by atoms with E-state index >= 15 is 0 Å². The monoisotopic (exact) mass is 376 g/mol. The summed E-state index contributed by atoms with van der Waals surface area (Å²) in [6.45, 7) is 3.98. The molecule has 0 unspecified atom stereocenters. The number of carbonyl (C=O) groups is 2. The Morgan fingerprint density at radius 2 is 1.64 bits per heavy atom. The van der Waals surface area contributed by atoms with Crippen molar-refractivity contribution in [1.82, 2.24) is 10.2 Å². The maximum atomic E-state index is 12.7. The first-order valence-electron chi connectivity index (χ1n) is 10.3. The molecule has 0 aromatic heterocycles. The Morgan fingerprint density at radius 3 is 2.29 bits per heavy atom. The number of amides is 2. The molecule has 146 valence electrons. The predicted molar refractivity (Wildman–Crippen MR) is 110 cm³/mol. The quantitative estimate of drug-likeness (QED) is 0.865. The fourth-order valence-corrected chi connectivity index (χ4v) is 4.24. The second-order valence-corrected chi connectivity index (χ2v) is 8.25. The molecule has 2 fully saturated rings. The van der Waals surface area contributed by atoms with Gasteiger partial charge in [-0.3, -0.25) is 9.59 Å². The number of aryl methyl sites for hydroxylation is 1. The van der Waals surface area contributed by atoms with Crippen LogP contribution < -0.4 is 5.32 Å². The average Bonchev–Trinajstić information content (AvgIpc) is 3.54. The zero-order valence-electron chi connectivity index (χ0n) is 16.5. The molecule has 28 heavy (non-hydrogen) atoms. The van der Waals surface area contributed by atoms with E-state index in [9.17, 15) is 9.59 Å². The zero-order chi connectivity index (χ0) is 19.6. The van der Waals surface area contributed by atoms with Crippen LogP contribution in [-0.2, 0) is 10.2 Å². The van der Waals surface area contributed by atoms with Crippen LogP contribution in [0.15, 0.2) is 54.6 Å². The smallest absolute Gasteiger partial charge is 0.254 e. The molecule has 2 aromatic rings. The molecule has 4 nitrogen and oxygen atoms in total. The van der Waals surface area contributed by atoms with Gasteiger partial charge in [0.05, 0.1) is 0 Å². The lowest BCUT2D eigenvalue weighted by atomic mass is 9.93. The number of nitrogens with zero attached hydrogens (tertiary/aromatic N) is 1. The van der Waals surface area contributed by atoms with Crippen LogP contribution >= 0.6 is 0 Å². The molecule has 1 aliphatic heterocycles. The number of rotatable bonds is 5. The highest BCUT2D eigenvalue weighted by Gasteiger charge is 2.44. The third-order valence-electron chi connectivity index (χ3n) is 6.37. The molecule has 1 aliphatic carbocycles. The molecule has 1 saturated heterocycles. The molecule has 1 heterocycles. The Morgan fingerprint density at radius 1 is 1.00 bits per heavy atom. The Labute approximate surface area is 166 Å². The van der Waals surface area contributed by atoms with Crippen LogP contribution in [0, 0.1) is 12.8 Å². The van der Waals surface area contributed by atoms with E-state index in [0.29, 0.717) is 13.1 Å². The van der Waals surface area contributed by atoms with Gasteiger partial charge in [-0.1, -0.05) is 48.5 Å². The van der Waals surface area contributed by atoms with Crippen LogP contribution in [0.25, 0.3) is 0 Å². The van der Waals surface area contributed by atoms with Gasteiger partial charge in [0.1, 0.15) is 0 Å². The molecular formula is C24H28N2O2. The molecule has 4 heteroatoms. The first kappa shape index (κ1) is 18.7. The third-order valence-corrected chi connectivity index (χ3v) is 6.37.